The molecule has 0 aliphatic heterocycles. The van der Waals surface area contributed by atoms with Gasteiger partial charge in [-0.3, -0.25) is 9.69 Å². The van der Waals surface area contributed by atoms with Crippen molar-refractivity contribution < 1.29 is 9.90 Å². The number of nitrogens with two attached hydrogens (primary N) is 1. The molecule has 0 saturated heterocycles. The zero-order valence-electron chi connectivity index (χ0n) is 18.1. The Labute approximate surface area is 197 Å². The van der Waals surface area contributed by atoms with Crippen LogP contribution in [0.3, 0.4) is 0 Å². The third-order valence-corrected chi connectivity index (χ3v) is 5.95. The number of nitrogen functional groups attached to an aromatic ring is 1. The Morgan fingerprint density at radius 2 is 1.70 bits per heavy atom. The van der Waals surface area contributed by atoms with Crippen LogP contribution in [0.5, 0.6) is 5.75 Å². The van der Waals surface area contributed by atoms with Crippen molar-refractivity contribution in [2.75, 3.05) is 17.6 Å². The number of aromatic nitrogens is 1. The SMILES string of the molecule is Nc1nc(-c2ccc(NC(=O)CCN(Cc3ccccc3)Cc3ccccc3O)cc2)cs1. The number of nitrogens with one attached hydrogen (secondary N) is 1. The maximum atomic E-state index is 12.6. The van der Waals surface area contributed by atoms with Gasteiger partial charge in [0.15, 0.2) is 5.13 Å². The molecule has 0 saturated carbocycles. The highest BCUT2D eigenvalue weighted by Gasteiger charge is 2.13. The van der Waals surface area contributed by atoms with Crippen molar-refractivity contribution in [2.45, 2.75) is 19.5 Å². The topological polar surface area (TPSA) is 91.5 Å². The molecular formula is C26H26N4O2S. The number of rotatable bonds is 9. The molecule has 6 nitrogen and oxygen atoms in total. The lowest BCUT2D eigenvalue weighted by Gasteiger charge is -2.23. The molecule has 4 rings (SSSR count). The van der Waals surface area contributed by atoms with Gasteiger partial charge in [-0.1, -0.05) is 60.7 Å². The zero-order valence-corrected chi connectivity index (χ0v) is 19.0. The summed E-state index contributed by atoms with van der Waals surface area (Å²) in [5.41, 5.74) is 10.2. The highest BCUT2D eigenvalue weighted by atomic mass is 32.1. The number of nitrogens with zero attached hydrogens (tertiary/aromatic N) is 2. The minimum absolute atomic E-state index is 0.0593. The van der Waals surface area contributed by atoms with E-state index in [1.165, 1.54) is 11.3 Å². The third-order valence-electron chi connectivity index (χ3n) is 5.28. The van der Waals surface area contributed by atoms with Crippen molar-refractivity contribution in [2.24, 2.45) is 0 Å². The van der Waals surface area contributed by atoms with Gasteiger partial charge in [0.1, 0.15) is 5.75 Å². The maximum Gasteiger partial charge on any atom is 0.225 e. The van der Waals surface area contributed by atoms with Gasteiger partial charge in [-0.15, -0.1) is 11.3 Å². The Kier molecular flexibility index (Phi) is 7.34. The van der Waals surface area contributed by atoms with E-state index in [0.717, 1.165) is 28.1 Å². The number of phenols is 1. The second kappa shape index (κ2) is 10.8. The second-order valence-electron chi connectivity index (χ2n) is 7.77. The van der Waals surface area contributed by atoms with E-state index in [-0.39, 0.29) is 11.7 Å². The Balaban J connectivity index is 1.37. The van der Waals surface area contributed by atoms with Crippen LogP contribution in [0, 0.1) is 0 Å². The van der Waals surface area contributed by atoms with Crippen LogP contribution in [0.15, 0.2) is 84.2 Å². The second-order valence-corrected chi connectivity index (χ2v) is 8.66. The number of phenolic OH excluding ortho intramolecular Hbond substituents is 1. The first-order chi connectivity index (χ1) is 16.1. The highest BCUT2D eigenvalue weighted by Crippen LogP contribution is 2.24. The van der Waals surface area contributed by atoms with Crippen LogP contribution >= 0.6 is 11.3 Å². The normalized spacial score (nSPS) is 10.9. The molecule has 7 heteroatoms. The molecule has 0 fully saturated rings. The number of thiazole rings is 1. The molecule has 1 heterocycles. The molecule has 0 atom stereocenters. The van der Waals surface area contributed by atoms with Gasteiger partial charge in [0.2, 0.25) is 5.91 Å². The quantitative estimate of drug-likeness (QED) is 0.323. The van der Waals surface area contributed by atoms with E-state index in [4.69, 9.17) is 5.73 Å². The first kappa shape index (κ1) is 22.5. The number of carbonyl (C=O) groups is 1. The zero-order chi connectivity index (χ0) is 23.0. The van der Waals surface area contributed by atoms with Crippen LogP contribution < -0.4 is 11.1 Å². The molecule has 168 valence electrons. The number of anilines is 2. The van der Waals surface area contributed by atoms with E-state index in [1.807, 2.05) is 66.0 Å². The monoisotopic (exact) mass is 458 g/mol. The summed E-state index contributed by atoms with van der Waals surface area (Å²) in [6.45, 7) is 1.81. The number of hydrogen-bond donors (Lipinski definition) is 3. The molecule has 1 aromatic heterocycles. The maximum absolute atomic E-state index is 12.6. The number of aromatic hydroxyl groups is 1. The number of benzene rings is 3. The molecule has 3 aromatic carbocycles. The summed E-state index contributed by atoms with van der Waals surface area (Å²) in [6.07, 6.45) is 0.338. The van der Waals surface area contributed by atoms with Gasteiger partial charge >= 0.3 is 0 Å². The summed E-state index contributed by atoms with van der Waals surface area (Å²) in [4.78, 5) is 19.1. The third kappa shape index (κ3) is 6.41. The average Bonchev–Trinajstić information content (AvgIpc) is 3.26. The van der Waals surface area contributed by atoms with Crippen LogP contribution in [-0.2, 0) is 17.9 Å². The highest BCUT2D eigenvalue weighted by molar-refractivity contribution is 7.13. The Morgan fingerprint density at radius 1 is 0.970 bits per heavy atom. The standard InChI is InChI=1S/C26H26N4O2S/c27-26-29-23(18-33-26)20-10-12-22(13-11-20)28-25(32)14-15-30(16-19-6-2-1-3-7-19)17-21-8-4-5-9-24(21)31/h1-13,18,31H,14-17H2,(H2,27,29)(H,28,32). The Morgan fingerprint density at radius 3 is 2.39 bits per heavy atom. The fourth-order valence-corrected chi connectivity index (χ4v) is 4.14. The van der Waals surface area contributed by atoms with Crippen molar-refractivity contribution in [3.63, 3.8) is 0 Å². The molecule has 1 amide bonds. The predicted octanol–water partition coefficient (Wildman–Crippen LogP) is 5.13. The van der Waals surface area contributed by atoms with Crippen LogP contribution in [0.4, 0.5) is 10.8 Å². The molecule has 0 radical (unpaired) electrons. The van der Waals surface area contributed by atoms with Crippen LogP contribution in [0.25, 0.3) is 11.3 Å². The minimum Gasteiger partial charge on any atom is -0.508 e. The smallest absolute Gasteiger partial charge is 0.225 e. The lowest BCUT2D eigenvalue weighted by molar-refractivity contribution is -0.116. The van der Waals surface area contributed by atoms with Crippen molar-refractivity contribution in [3.05, 3.63) is 95.4 Å². The number of para-hydroxylation sites is 1. The van der Waals surface area contributed by atoms with Crippen molar-refractivity contribution in [3.8, 4) is 17.0 Å². The lowest BCUT2D eigenvalue weighted by Crippen LogP contribution is -2.27. The molecule has 4 N–H and O–H groups in total. The number of hydrogen-bond acceptors (Lipinski definition) is 6. The fraction of sp³-hybridized carbons (Fsp3) is 0.154. The van der Waals surface area contributed by atoms with Gasteiger partial charge in [0.25, 0.3) is 0 Å². The van der Waals surface area contributed by atoms with E-state index in [0.29, 0.717) is 31.2 Å². The van der Waals surface area contributed by atoms with E-state index >= 15 is 0 Å². The van der Waals surface area contributed by atoms with Crippen molar-refractivity contribution in [1.82, 2.24) is 9.88 Å². The summed E-state index contributed by atoms with van der Waals surface area (Å²) in [5.74, 6) is 0.206. The molecule has 0 unspecified atom stereocenters. The molecular weight excluding hydrogens is 432 g/mol. The summed E-state index contributed by atoms with van der Waals surface area (Å²) < 4.78 is 0. The summed E-state index contributed by atoms with van der Waals surface area (Å²) in [7, 11) is 0. The van der Waals surface area contributed by atoms with E-state index in [9.17, 15) is 9.90 Å². The minimum atomic E-state index is -0.0593. The molecule has 0 spiro atoms. The molecule has 0 aliphatic rings. The van der Waals surface area contributed by atoms with Gasteiger partial charge in [-0.25, -0.2) is 4.98 Å². The number of carbonyl (C=O) groups excluding carboxylic acids is 1. The van der Waals surface area contributed by atoms with Gasteiger partial charge in [-0.05, 0) is 23.8 Å². The summed E-state index contributed by atoms with van der Waals surface area (Å²) in [5, 5.41) is 15.6. The Bertz CT molecular complexity index is 1190. The number of amides is 1. The molecule has 4 aromatic rings. The first-order valence-electron chi connectivity index (χ1n) is 10.7. The van der Waals surface area contributed by atoms with Crippen molar-refractivity contribution in [1.29, 1.82) is 0 Å². The Hall–Kier alpha value is -3.68. The fourth-order valence-electron chi connectivity index (χ4n) is 3.57. The van der Waals surface area contributed by atoms with E-state index < -0.39 is 0 Å². The molecule has 0 aliphatic carbocycles. The van der Waals surface area contributed by atoms with Crippen LogP contribution in [0.2, 0.25) is 0 Å². The van der Waals surface area contributed by atoms with Gasteiger partial charge in [-0.2, -0.15) is 0 Å². The van der Waals surface area contributed by atoms with Crippen molar-refractivity contribution >= 4 is 28.1 Å². The van der Waals surface area contributed by atoms with Crippen LogP contribution in [-0.4, -0.2) is 27.4 Å². The van der Waals surface area contributed by atoms with Gasteiger partial charge < -0.3 is 16.2 Å². The molecule has 0 bridgehead atoms. The van der Waals surface area contributed by atoms with Gasteiger partial charge in [0.05, 0.1) is 5.69 Å². The van der Waals surface area contributed by atoms with E-state index in [1.54, 1.807) is 6.07 Å². The van der Waals surface area contributed by atoms with E-state index in [2.05, 4.69) is 27.3 Å². The predicted molar refractivity (Wildman–Crippen MR) is 134 cm³/mol. The first-order valence-corrected chi connectivity index (χ1v) is 11.6. The summed E-state index contributed by atoms with van der Waals surface area (Å²) in [6, 6.07) is 25.0. The molecule has 33 heavy (non-hydrogen) atoms. The summed E-state index contributed by atoms with van der Waals surface area (Å²) >= 11 is 1.40. The van der Waals surface area contributed by atoms with Gasteiger partial charge in [0, 0.05) is 48.2 Å². The lowest BCUT2D eigenvalue weighted by atomic mass is 10.1. The van der Waals surface area contributed by atoms with Crippen LogP contribution in [0.1, 0.15) is 17.5 Å². The average molecular weight is 459 g/mol. The largest absolute Gasteiger partial charge is 0.508 e.